The third kappa shape index (κ3) is 7.83. The number of aromatic amines is 2. The Morgan fingerprint density at radius 3 is 2.19 bits per heavy atom. The molecule has 63 heavy (non-hydrogen) atoms. The number of aryl methyl sites for hydroxylation is 1. The topological polar surface area (TPSA) is 188 Å². The number of amides is 4. The third-order valence-electron chi connectivity index (χ3n) is 12.2. The van der Waals surface area contributed by atoms with Gasteiger partial charge in [0.1, 0.15) is 23.7 Å². The van der Waals surface area contributed by atoms with Crippen molar-refractivity contribution in [3.63, 3.8) is 0 Å². The van der Waals surface area contributed by atoms with Gasteiger partial charge in [-0.15, -0.1) is 0 Å². The van der Waals surface area contributed by atoms with E-state index in [9.17, 15) is 28.0 Å². The van der Waals surface area contributed by atoms with E-state index in [1.165, 1.54) is 14.2 Å². The molecule has 3 aliphatic heterocycles. The smallest absolute Gasteiger partial charge is 0.407 e. The van der Waals surface area contributed by atoms with Gasteiger partial charge >= 0.3 is 12.2 Å². The van der Waals surface area contributed by atoms with Gasteiger partial charge < -0.3 is 35.0 Å². The first-order valence-electron chi connectivity index (χ1n) is 20.7. The van der Waals surface area contributed by atoms with Crippen LogP contribution < -0.4 is 15.5 Å². The maximum Gasteiger partial charge on any atom is 0.407 e. The molecule has 0 bridgehead atoms. The number of hydrogen-bond donors (Lipinski definition) is 4. The molecule has 0 spiro atoms. The van der Waals surface area contributed by atoms with E-state index in [-0.39, 0.29) is 23.7 Å². The maximum absolute atomic E-state index is 14.8. The normalized spacial score (nSPS) is 19.5. The van der Waals surface area contributed by atoms with Gasteiger partial charge in [0.2, 0.25) is 11.8 Å². The Labute approximate surface area is 360 Å². The van der Waals surface area contributed by atoms with Crippen LogP contribution in [0.2, 0.25) is 0 Å². The summed E-state index contributed by atoms with van der Waals surface area (Å²) in [4.78, 5) is 75.0. The molecule has 0 aliphatic carbocycles. The van der Waals surface area contributed by atoms with Crippen LogP contribution in [0.25, 0.3) is 44.5 Å². The lowest BCUT2D eigenvalue weighted by Crippen LogP contribution is -2.51. The molecule has 4 amide bonds. The molecule has 9 rings (SSSR count). The molecule has 4 atom stereocenters. The first kappa shape index (κ1) is 41.2. The molecule has 0 unspecified atom stereocenters. The second-order valence-electron chi connectivity index (χ2n) is 16.6. The number of H-pyrrole nitrogens is 2. The fourth-order valence-electron chi connectivity index (χ4n) is 8.95. The first-order chi connectivity index (χ1) is 30.3. The number of aromatic nitrogens is 5. The highest BCUT2D eigenvalue weighted by atomic mass is 19.3. The zero-order valence-electron chi connectivity index (χ0n) is 34.9. The van der Waals surface area contributed by atoms with Gasteiger partial charge in [-0.25, -0.2) is 28.3 Å². The molecule has 6 heterocycles. The number of ether oxygens (including phenoxy) is 2. The highest BCUT2D eigenvalue weighted by Gasteiger charge is 2.50. The molecule has 3 aromatic heterocycles. The molecule has 3 aliphatic rings. The zero-order valence-corrected chi connectivity index (χ0v) is 34.9. The number of carbonyl (C=O) groups excluding carboxylic acids is 4. The number of alkyl carbamates (subject to hydrolysis) is 2. The van der Waals surface area contributed by atoms with Crippen LogP contribution in [0.3, 0.4) is 0 Å². The Morgan fingerprint density at radius 1 is 0.810 bits per heavy atom. The average molecular weight is 858 g/mol. The molecular formula is C46H45F2N9O6. The standard InChI is InChI=1S/C46H45F2N9O6/c1-24(2)38(55-45(61)63-4)43(59)56-23-46(47,48)19-37(56)41-51-21-34(52-41)26-10-8-25(9-11-26)28-12-13-29-16-31(20-49-33(29)17-28)35-22-50-40(53-35)36-18-30-7-5-6-27-14-15-32(54-44(60)62-3)42(58)57(36)39(27)30/h5-13,16-17,20-22,24,32,36-38H,14-15,18-19,23H2,1-4H3,(H,50,53)(H,51,52)(H,54,60)(H,55,61)/t32-,36-,37-,38-/m0/s1. The quantitative estimate of drug-likeness (QED) is 0.116. The van der Waals surface area contributed by atoms with E-state index >= 15 is 0 Å². The van der Waals surface area contributed by atoms with Crippen LogP contribution in [0.1, 0.15) is 61.5 Å². The monoisotopic (exact) mass is 857 g/mol. The van der Waals surface area contributed by atoms with E-state index in [1.54, 1.807) is 37.3 Å². The largest absolute Gasteiger partial charge is 0.453 e. The number of alkyl halides is 2. The minimum absolute atomic E-state index is 0.205. The second kappa shape index (κ2) is 16.3. The minimum atomic E-state index is -3.14. The highest BCUT2D eigenvalue weighted by Crippen LogP contribution is 2.45. The van der Waals surface area contributed by atoms with Crippen LogP contribution in [-0.2, 0) is 31.9 Å². The van der Waals surface area contributed by atoms with E-state index in [1.807, 2.05) is 66.7 Å². The molecule has 1 saturated heterocycles. The van der Waals surface area contributed by atoms with E-state index in [0.29, 0.717) is 30.8 Å². The van der Waals surface area contributed by atoms with Crippen molar-refractivity contribution in [1.29, 1.82) is 0 Å². The molecule has 0 saturated carbocycles. The summed E-state index contributed by atoms with van der Waals surface area (Å²) in [6, 6.07) is 18.6. The summed E-state index contributed by atoms with van der Waals surface area (Å²) in [6.07, 6.45) is 4.69. The fourth-order valence-corrected chi connectivity index (χ4v) is 8.95. The number of benzene rings is 3. The van der Waals surface area contributed by atoms with Gasteiger partial charge in [0.25, 0.3) is 5.92 Å². The van der Waals surface area contributed by atoms with Crippen molar-refractivity contribution < 1.29 is 37.4 Å². The van der Waals surface area contributed by atoms with Crippen molar-refractivity contribution in [2.75, 3.05) is 25.7 Å². The molecule has 3 aromatic carbocycles. The molecular weight excluding hydrogens is 813 g/mol. The van der Waals surface area contributed by atoms with Crippen LogP contribution in [0.4, 0.5) is 24.1 Å². The highest BCUT2D eigenvalue weighted by molar-refractivity contribution is 6.02. The van der Waals surface area contributed by atoms with Gasteiger partial charge in [-0.3, -0.25) is 19.5 Å². The second-order valence-corrected chi connectivity index (χ2v) is 16.6. The number of imidazole rings is 2. The van der Waals surface area contributed by atoms with Crippen LogP contribution in [0.5, 0.6) is 0 Å². The van der Waals surface area contributed by atoms with Gasteiger partial charge in [-0.05, 0) is 58.7 Å². The lowest BCUT2D eigenvalue weighted by Gasteiger charge is -2.29. The number of anilines is 1. The Hall–Kier alpha value is -7.17. The molecule has 17 heteroatoms. The number of halogens is 2. The van der Waals surface area contributed by atoms with E-state index in [2.05, 4.69) is 30.3 Å². The van der Waals surface area contributed by atoms with Crippen LogP contribution in [0.15, 0.2) is 85.3 Å². The Bertz CT molecular complexity index is 2750. The van der Waals surface area contributed by atoms with Gasteiger partial charge in [0.15, 0.2) is 0 Å². The molecule has 6 aromatic rings. The fraction of sp³-hybridized carbons (Fsp3) is 0.326. The number of pyridine rings is 1. The van der Waals surface area contributed by atoms with Crippen LogP contribution >= 0.6 is 0 Å². The lowest BCUT2D eigenvalue weighted by molar-refractivity contribution is -0.136. The van der Waals surface area contributed by atoms with Crippen LogP contribution in [0, 0.1) is 5.92 Å². The van der Waals surface area contributed by atoms with Gasteiger partial charge in [0.05, 0.1) is 67.8 Å². The Kier molecular flexibility index (Phi) is 10.6. The number of hydrogen-bond acceptors (Lipinski definition) is 9. The summed E-state index contributed by atoms with van der Waals surface area (Å²) in [5.41, 5.74) is 8.60. The first-order valence-corrected chi connectivity index (χ1v) is 20.7. The molecule has 15 nitrogen and oxygen atoms in total. The summed E-state index contributed by atoms with van der Waals surface area (Å²) in [5, 5.41) is 6.11. The molecule has 0 radical (unpaired) electrons. The van der Waals surface area contributed by atoms with Crippen molar-refractivity contribution in [3.05, 3.63) is 108 Å². The third-order valence-corrected chi connectivity index (χ3v) is 12.2. The number of nitrogens with one attached hydrogen (secondary N) is 4. The van der Waals surface area contributed by atoms with Gasteiger partial charge in [0, 0.05) is 30.0 Å². The molecule has 324 valence electrons. The zero-order chi connectivity index (χ0) is 44.2. The van der Waals surface area contributed by atoms with Crippen molar-refractivity contribution in [1.82, 2.24) is 40.5 Å². The van der Waals surface area contributed by atoms with E-state index in [0.717, 1.165) is 60.6 Å². The number of rotatable bonds is 9. The summed E-state index contributed by atoms with van der Waals surface area (Å²) in [5.74, 6) is -3.50. The van der Waals surface area contributed by atoms with Crippen molar-refractivity contribution in [2.24, 2.45) is 5.92 Å². The maximum atomic E-state index is 14.8. The number of carbonyl (C=O) groups is 4. The molecule has 1 fully saturated rings. The predicted molar refractivity (Wildman–Crippen MR) is 229 cm³/mol. The summed E-state index contributed by atoms with van der Waals surface area (Å²) >= 11 is 0. The number of likely N-dealkylation sites (tertiary alicyclic amines) is 1. The lowest BCUT2D eigenvalue weighted by atomic mass is 10.0. The SMILES string of the molecule is COC(=O)N[C@H]1CCc2cccc3c2N(C1=O)[C@H](c1ncc(-c2cnc4cc(-c5ccc(-c6cnc([C@@H]7CC(F)(F)CN7C(=O)[C@@H](NC(=O)OC)C(C)C)[nH]6)cc5)ccc4c2)[nH]1)C3. The van der Waals surface area contributed by atoms with Crippen molar-refractivity contribution >= 4 is 40.6 Å². The average Bonchev–Trinajstić information content (AvgIpc) is 4.10. The summed E-state index contributed by atoms with van der Waals surface area (Å²) in [6.45, 7) is 2.64. The van der Waals surface area contributed by atoms with Crippen molar-refractivity contribution in [2.45, 2.75) is 69.6 Å². The summed E-state index contributed by atoms with van der Waals surface area (Å²) in [7, 11) is 2.45. The number of fused-ring (bicyclic) bond motifs is 1. The van der Waals surface area contributed by atoms with E-state index < -0.39 is 55.1 Å². The number of nitrogens with zero attached hydrogens (tertiary/aromatic N) is 5. The van der Waals surface area contributed by atoms with Gasteiger partial charge in [-0.2, -0.15) is 0 Å². The minimum Gasteiger partial charge on any atom is -0.453 e. The Balaban J connectivity index is 0.906. The number of methoxy groups -OCH3 is 2. The summed E-state index contributed by atoms with van der Waals surface area (Å²) < 4.78 is 39.1. The van der Waals surface area contributed by atoms with E-state index in [4.69, 9.17) is 14.7 Å². The predicted octanol–water partition coefficient (Wildman–Crippen LogP) is 7.27. The van der Waals surface area contributed by atoms with Crippen molar-refractivity contribution in [3.8, 4) is 33.6 Å². The van der Waals surface area contributed by atoms with Gasteiger partial charge in [-0.1, -0.05) is 68.4 Å². The number of para-hydroxylation sites is 1. The van der Waals surface area contributed by atoms with Crippen LogP contribution in [-0.4, -0.2) is 92.6 Å². The Morgan fingerprint density at radius 2 is 1.48 bits per heavy atom. The molecule has 4 N–H and O–H groups in total.